The standard InChI is InChI=1S/C22H28N2O2/c1-3-4-5-17-6-8-19(9-7-17)22(25)26-20-12-10-18(11-13-20)21-23-14-16(2)15-24-21/h10-15,17,19H,3-9H2,1-2H3. The Morgan fingerprint density at radius 2 is 1.73 bits per heavy atom. The molecule has 0 bridgehead atoms. The van der Waals surface area contributed by atoms with Gasteiger partial charge in [0.1, 0.15) is 5.75 Å². The number of aryl methyl sites for hydroxylation is 1. The van der Waals surface area contributed by atoms with Crippen molar-refractivity contribution in [3.63, 3.8) is 0 Å². The number of unbranched alkanes of at least 4 members (excludes halogenated alkanes) is 1. The maximum absolute atomic E-state index is 12.4. The van der Waals surface area contributed by atoms with Gasteiger partial charge < -0.3 is 4.74 Å². The van der Waals surface area contributed by atoms with Gasteiger partial charge in [-0.15, -0.1) is 0 Å². The topological polar surface area (TPSA) is 52.1 Å². The third-order valence-electron chi connectivity index (χ3n) is 5.26. The van der Waals surface area contributed by atoms with Gasteiger partial charge in [0.25, 0.3) is 0 Å². The van der Waals surface area contributed by atoms with E-state index >= 15 is 0 Å². The van der Waals surface area contributed by atoms with Crippen molar-refractivity contribution < 1.29 is 9.53 Å². The number of carbonyl (C=O) groups excluding carboxylic acids is 1. The zero-order chi connectivity index (χ0) is 18.4. The van der Waals surface area contributed by atoms with Crippen molar-refractivity contribution in [3.8, 4) is 17.1 Å². The van der Waals surface area contributed by atoms with Crippen molar-refractivity contribution in [2.75, 3.05) is 0 Å². The lowest BCUT2D eigenvalue weighted by Gasteiger charge is -2.27. The van der Waals surface area contributed by atoms with Gasteiger partial charge in [0.15, 0.2) is 5.82 Å². The summed E-state index contributed by atoms with van der Waals surface area (Å²) in [6.45, 7) is 4.20. The van der Waals surface area contributed by atoms with Crippen molar-refractivity contribution in [2.45, 2.75) is 58.8 Å². The molecule has 4 heteroatoms. The number of hydrogen-bond acceptors (Lipinski definition) is 4. The molecule has 0 saturated heterocycles. The molecular weight excluding hydrogens is 324 g/mol. The molecule has 3 rings (SSSR count). The molecule has 0 atom stereocenters. The first kappa shape index (κ1) is 18.6. The summed E-state index contributed by atoms with van der Waals surface area (Å²) < 4.78 is 5.60. The summed E-state index contributed by atoms with van der Waals surface area (Å²) in [6, 6.07) is 7.44. The number of nitrogens with zero attached hydrogens (tertiary/aromatic N) is 2. The molecule has 26 heavy (non-hydrogen) atoms. The van der Waals surface area contributed by atoms with Crippen LogP contribution < -0.4 is 4.74 Å². The SMILES string of the molecule is CCCCC1CCC(C(=O)Oc2ccc(-c3ncc(C)cn3)cc2)CC1. The van der Waals surface area contributed by atoms with Crippen LogP contribution in [0.4, 0.5) is 0 Å². The summed E-state index contributed by atoms with van der Waals surface area (Å²) in [5.41, 5.74) is 1.95. The van der Waals surface area contributed by atoms with Crippen LogP contribution in [0.2, 0.25) is 0 Å². The van der Waals surface area contributed by atoms with E-state index in [0.717, 1.165) is 42.7 Å². The Bertz CT molecular complexity index is 702. The summed E-state index contributed by atoms with van der Waals surface area (Å²) in [5.74, 6) is 2.04. The van der Waals surface area contributed by atoms with Gasteiger partial charge in [-0.3, -0.25) is 4.79 Å². The zero-order valence-electron chi connectivity index (χ0n) is 15.8. The number of benzene rings is 1. The maximum atomic E-state index is 12.4. The van der Waals surface area contributed by atoms with Crippen LogP contribution in [0.15, 0.2) is 36.7 Å². The summed E-state index contributed by atoms with van der Waals surface area (Å²) in [7, 11) is 0. The van der Waals surface area contributed by atoms with Gasteiger partial charge in [0.2, 0.25) is 0 Å². The highest BCUT2D eigenvalue weighted by Gasteiger charge is 2.27. The largest absolute Gasteiger partial charge is 0.426 e. The molecule has 0 aliphatic heterocycles. The Morgan fingerprint density at radius 1 is 1.08 bits per heavy atom. The predicted octanol–water partition coefficient (Wildman–Crippen LogP) is 5.35. The number of rotatable bonds is 6. The molecule has 1 fully saturated rings. The highest BCUT2D eigenvalue weighted by Crippen LogP contribution is 2.33. The zero-order valence-corrected chi connectivity index (χ0v) is 15.8. The second kappa shape index (κ2) is 8.93. The summed E-state index contributed by atoms with van der Waals surface area (Å²) in [5, 5.41) is 0. The Hall–Kier alpha value is -2.23. The van der Waals surface area contributed by atoms with Gasteiger partial charge in [-0.2, -0.15) is 0 Å². The number of hydrogen-bond donors (Lipinski definition) is 0. The molecule has 1 aromatic heterocycles. The van der Waals surface area contributed by atoms with Gasteiger partial charge in [0, 0.05) is 18.0 Å². The van der Waals surface area contributed by atoms with Crippen LogP contribution in [0.1, 0.15) is 57.4 Å². The molecule has 0 N–H and O–H groups in total. The van der Waals surface area contributed by atoms with Crippen LogP contribution in [0.5, 0.6) is 5.75 Å². The molecule has 1 saturated carbocycles. The van der Waals surface area contributed by atoms with Crippen LogP contribution >= 0.6 is 0 Å². The second-order valence-electron chi connectivity index (χ2n) is 7.39. The van der Waals surface area contributed by atoms with E-state index < -0.39 is 0 Å². The first-order valence-corrected chi connectivity index (χ1v) is 9.76. The average molecular weight is 352 g/mol. The van der Waals surface area contributed by atoms with Crippen molar-refractivity contribution in [3.05, 3.63) is 42.2 Å². The van der Waals surface area contributed by atoms with Crippen LogP contribution in [0.25, 0.3) is 11.4 Å². The molecule has 0 amide bonds. The van der Waals surface area contributed by atoms with Gasteiger partial charge >= 0.3 is 5.97 Å². The molecule has 1 aromatic carbocycles. The van der Waals surface area contributed by atoms with E-state index in [1.807, 2.05) is 31.2 Å². The maximum Gasteiger partial charge on any atom is 0.314 e. The fourth-order valence-corrected chi connectivity index (χ4v) is 3.59. The van der Waals surface area contributed by atoms with Crippen LogP contribution in [-0.4, -0.2) is 15.9 Å². The van der Waals surface area contributed by atoms with Crippen molar-refractivity contribution in [1.29, 1.82) is 0 Å². The highest BCUT2D eigenvalue weighted by molar-refractivity contribution is 5.75. The lowest BCUT2D eigenvalue weighted by molar-refractivity contribution is -0.140. The molecule has 1 heterocycles. The van der Waals surface area contributed by atoms with E-state index in [9.17, 15) is 4.79 Å². The van der Waals surface area contributed by atoms with Crippen molar-refractivity contribution in [1.82, 2.24) is 9.97 Å². The van der Waals surface area contributed by atoms with Crippen molar-refractivity contribution in [2.24, 2.45) is 11.8 Å². The third kappa shape index (κ3) is 4.90. The van der Waals surface area contributed by atoms with E-state index in [0.29, 0.717) is 11.6 Å². The van der Waals surface area contributed by atoms with Crippen LogP contribution in [0.3, 0.4) is 0 Å². The number of carbonyl (C=O) groups is 1. The minimum Gasteiger partial charge on any atom is -0.426 e. The Balaban J connectivity index is 1.53. The average Bonchev–Trinajstić information content (AvgIpc) is 2.68. The minimum atomic E-state index is -0.0849. The monoisotopic (exact) mass is 352 g/mol. The Morgan fingerprint density at radius 3 is 2.35 bits per heavy atom. The second-order valence-corrected chi connectivity index (χ2v) is 7.39. The molecule has 4 nitrogen and oxygen atoms in total. The normalized spacial score (nSPS) is 19.9. The molecule has 1 aliphatic rings. The third-order valence-corrected chi connectivity index (χ3v) is 5.26. The molecule has 1 aliphatic carbocycles. The first-order chi connectivity index (χ1) is 12.7. The summed E-state index contributed by atoms with van der Waals surface area (Å²) in [6.07, 6.45) is 11.7. The fourth-order valence-electron chi connectivity index (χ4n) is 3.59. The first-order valence-electron chi connectivity index (χ1n) is 9.76. The van der Waals surface area contributed by atoms with E-state index in [-0.39, 0.29) is 11.9 Å². The van der Waals surface area contributed by atoms with Gasteiger partial charge in [0.05, 0.1) is 5.92 Å². The van der Waals surface area contributed by atoms with Gasteiger partial charge in [-0.25, -0.2) is 9.97 Å². The Labute approximate surface area is 156 Å². The number of ether oxygens (including phenoxy) is 1. The van der Waals surface area contributed by atoms with E-state index in [2.05, 4.69) is 16.9 Å². The lowest BCUT2D eigenvalue weighted by Crippen LogP contribution is -2.25. The summed E-state index contributed by atoms with van der Waals surface area (Å²) >= 11 is 0. The molecule has 138 valence electrons. The highest BCUT2D eigenvalue weighted by atomic mass is 16.5. The molecular formula is C22H28N2O2. The number of esters is 1. The molecule has 0 unspecified atom stereocenters. The number of aromatic nitrogens is 2. The van der Waals surface area contributed by atoms with Crippen LogP contribution in [-0.2, 0) is 4.79 Å². The van der Waals surface area contributed by atoms with E-state index in [1.54, 1.807) is 12.4 Å². The van der Waals surface area contributed by atoms with Gasteiger partial charge in [-0.1, -0.05) is 26.2 Å². The molecule has 0 spiro atoms. The van der Waals surface area contributed by atoms with Gasteiger partial charge in [-0.05, 0) is 68.4 Å². The van der Waals surface area contributed by atoms with Crippen LogP contribution in [0, 0.1) is 18.8 Å². The van der Waals surface area contributed by atoms with Crippen molar-refractivity contribution >= 4 is 5.97 Å². The minimum absolute atomic E-state index is 0.0491. The summed E-state index contributed by atoms with van der Waals surface area (Å²) in [4.78, 5) is 21.1. The predicted molar refractivity (Wildman–Crippen MR) is 103 cm³/mol. The molecule has 2 aromatic rings. The van der Waals surface area contributed by atoms with E-state index in [1.165, 1.54) is 19.3 Å². The molecule has 0 radical (unpaired) electrons. The lowest BCUT2D eigenvalue weighted by atomic mass is 9.80. The Kier molecular flexibility index (Phi) is 6.37. The fraction of sp³-hybridized carbons (Fsp3) is 0.500. The smallest absolute Gasteiger partial charge is 0.314 e. The van der Waals surface area contributed by atoms with E-state index in [4.69, 9.17) is 4.74 Å². The quantitative estimate of drug-likeness (QED) is 0.519.